The molecule has 0 aliphatic heterocycles. The first kappa shape index (κ1) is 8.75. The van der Waals surface area contributed by atoms with E-state index in [1.54, 1.807) is 0 Å². The van der Waals surface area contributed by atoms with E-state index in [4.69, 9.17) is 5.73 Å². The molecular formula is C10H17N3. The molecule has 2 rings (SSSR count). The van der Waals surface area contributed by atoms with Crippen LogP contribution in [0.2, 0.25) is 0 Å². The van der Waals surface area contributed by atoms with Crippen LogP contribution >= 0.6 is 0 Å². The molecule has 0 saturated heterocycles. The van der Waals surface area contributed by atoms with Crippen LogP contribution in [0.5, 0.6) is 0 Å². The Hall–Kier alpha value is -0.830. The molecule has 0 radical (unpaired) electrons. The van der Waals surface area contributed by atoms with Gasteiger partial charge in [-0.3, -0.25) is 4.68 Å². The molecule has 1 aliphatic rings. The highest BCUT2D eigenvalue weighted by atomic mass is 15.3. The van der Waals surface area contributed by atoms with Gasteiger partial charge in [-0.05, 0) is 38.2 Å². The van der Waals surface area contributed by atoms with Crippen molar-refractivity contribution in [2.75, 3.05) is 0 Å². The molecule has 1 fully saturated rings. The second kappa shape index (κ2) is 3.14. The van der Waals surface area contributed by atoms with E-state index < -0.39 is 0 Å². The van der Waals surface area contributed by atoms with Crippen LogP contribution in [0.4, 0.5) is 0 Å². The molecule has 13 heavy (non-hydrogen) atoms. The zero-order chi connectivity index (χ0) is 9.31. The Bertz CT molecular complexity index is 286. The maximum atomic E-state index is 6.01. The van der Waals surface area contributed by atoms with Crippen LogP contribution in [-0.4, -0.2) is 15.3 Å². The van der Waals surface area contributed by atoms with E-state index >= 15 is 0 Å². The Morgan fingerprint density at radius 1 is 1.62 bits per heavy atom. The van der Waals surface area contributed by atoms with Crippen molar-refractivity contribution >= 4 is 0 Å². The third-order valence-corrected chi connectivity index (χ3v) is 2.81. The Balaban J connectivity index is 1.87. The maximum absolute atomic E-state index is 6.01. The van der Waals surface area contributed by atoms with E-state index in [-0.39, 0.29) is 5.54 Å². The summed E-state index contributed by atoms with van der Waals surface area (Å²) < 4.78 is 1.96. The van der Waals surface area contributed by atoms with Gasteiger partial charge < -0.3 is 5.73 Å². The van der Waals surface area contributed by atoms with Gasteiger partial charge in [-0.1, -0.05) is 0 Å². The highest BCUT2D eigenvalue weighted by molar-refractivity contribution is 5.08. The van der Waals surface area contributed by atoms with Crippen LogP contribution < -0.4 is 5.73 Å². The van der Waals surface area contributed by atoms with E-state index in [1.165, 1.54) is 18.4 Å². The quantitative estimate of drug-likeness (QED) is 0.757. The summed E-state index contributed by atoms with van der Waals surface area (Å²) in [4.78, 5) is 0. The molecule has 1 aromatic heterocycles. The highest BCUT2D eigenvalue weighted by Crippen LogP contribution is 2.36. The van der Waals surface area contributed by atoms with Crippen molar-refractivity contribution in [2.24, 2.45) is 5.73 Å². The van der Waals surface area contributed by atoms with Crippen LogP contribution in [0.15, 0.2) is 12.4 Å². The minimum atomic E-state index is 0.175. The van der Waals surface area contributed by atoms with Gasteiger partial charge in [0.2, 0.25) is 0 Å². The molecule has 0 aromatic carbocycles. The fourth-order valence-electron chi connectivity index (χ4n) is 1.51. The van der Waals surface area contributed by atoms with Crippen molar-refractivity contribution in [1.82, 2.24) is 9.78 Å². The number of aryl methyl sites for hydroxylation is 2. The standard InChI is InChI=1S/C10H17N3/c1-2-13-8-9(7-12-13)3-4-10(11)5-6-10/h7-8H,2-6,11H2,1H3. The average Bonchev–Trinajstić information content (AvgIpc) is 2.69. The summed E-state index contributed by atoms with van der Waals surface area (Å²) in [5.74, 6) is 0. The van der Waals surface area contributed by atoms with Gasteiger partial charge >= 0.3 is 0 Å². The van der Waals surface area contributed by atoms with Gasteiger partial charge in [0, 0.05) is 18.3 Å². The third kappa shape index (κ3) is 2.10. The summed E-state index contributed by atoms with van der Waals surface area (Å²) in [5.41, 5.74) is 7.50. The minimum Gasteiger partial charge on any atom is -0.325 e. The molecule has 1 saturated carbocycles. The molecule has 0 atom stereocenters. The molecule has 1 aliphatic carbocycles. The summed E-state index contributed by atoms with van der Waals surface area (Å²) in [6.07, 6.45) is 8.67. The Morgan fingerprint density at radius 2 is 2.38 bits per heavy atom. The lowest BCUT2D eigenvalue weighted by molar-refractivity contribution is 0.608. The number of hydrogen-bond donors (Lipinski definition) is 1. The fourth-order valence-corrected chi connectivity index (χ4v) is 1.51. The Labute approximate surface area is 78.9 Å². The first-order valence-electron chi connectivity index (χ1n) is 5.02. The number of nitrogens with zero attached hydrogens (tertiary/aromatic N) is 2. The summed E-state index contributed by atoms with van der Waals surface area (Å²) in [6.45, 7) is 3.05. The Kier molecular flexibility index (Phi) is 2.12. The van der Waals surface area contributed by atoms with Crippen LogP contribution in [0.1, 0.15) is 31.7 Å². The molecule has 72 valence electrons. The molecule has 0 spiro atoms. The van der Waals surface area contributed by atoms with E-state index in [0.29, 0.717) is 0 Å². The molecule has 0 unspecified atom stereocenters. The first-order chi connectivity index (χ1) is 6.22. The van der Waals surface area contributed by atoms with Gasteiger partial charge in [0.1, 0.15) is 0 Å². The van der Waals surface area contributed by atoms with Crippen molar-refractivity contribution in [3.63, 3.8) is 0 Å². The van der Waals surface area contributed by atoms with Crippen LogP contribution in [-0.2, 0) is 13.0 Å². The molecule has 3 heteroatoms. The van der Waals surface area contributed by atoms with Gasteiger partial charge in [-0.15, -0.1) is 0 Å². The molecule has 0 amide bonds. The second-order valence-electron chi connectivity index (χ2n) is 4.07. The van der Waals surface area contributed by atoms with Crippen molar-refractivity contribution in [2.45, 2.75) is 44.7 Å². The lowest BCUT2D eigenvalue weighted by atomic mass is 10.1. The van der Waals surface area contributed by atoms with Crippen molar-refractivity contribution in [3.05, 3.63) is 18.0 Å². The van der Waals surface area contributed by atoms with Crippen molar-refractivity contribution in [3.8, 4) is 0 Å². The van der Waals surface area contributed by atoms with E-state index in [2.05, 4.69) is 18.2 Å². The van der Waals surface area contributed by atoms with Crippen molar-refractivity contribution < 1.29 is 0 Å². The number of rotatable bonds is 4. The number of hydrogen-bond acceptors (Lipinski definition) is 2. The predicted molar refractivity (Wildman–Crippen MR) is 52.4 cm³/mol. The topological polar surface area (TPSA) is 43.8 Å². The Morgan fingerprint density at radius 3 is 2.92 bits per heavy atom. The zero-order valence-electron chi connectivity index (χ0n) is 8.16. The summed E-state index contributed by atoms with van der Waals surface area (Å²) in [6, 6.07) is 0. The van der Waals surface area contributed by atoms with Gasteiger partial charge in [0.15, 0.2) is 0 Å². The molecule has 3 nitrogen and oxygen atoms in total. The maximum Gasteiger partial charge on any atom is 0.0521 e. The predicted octanol–water partition coefficient (Wildman–Crippen LogP) is 1.33. The fraction of sp³-hybridized carbons (Fsp3) is 0.700. The van der Waals surface area contributed by atoms with Crippen LogP contribution in [0.3, 0.4) is 0 Å². The van der Waals surface area contributed by atoms with Crippen LogP contribution in [0, 0.1) is 0 Å². The number of nitrogens with two attached hydrogens (primary N) is 1. The summed E-state index contributed by atoms with van der Waals surface area (Å²) >= 11 is 0. The highest BCUT2D eigenvalue weighted by Gasteiger charge is 2.37. The smallest absolute Gasteiger partial charge is 0.0521 e. The summed E-state index contributed by atoms with van der Waals surface area (Å²) in [5, 5.41) is 4.23. The lowest BCUT2D eigenvalue weighted by Gasteiger charge is -2.05. The van der Waals surface area contributed by atoms with Crippen molar-refractivity contribution in [1.29, 1.82) is 0 Å². The summed E-state index contributed by atoms with van der Waals surface area (Å²) in [7, 11) is 0. The molecule has 1 heterocycles. The monoisotopic (exact) mass is 179 g/mol. The van der Waals surface area contributed by atoms with E-state index in [9.17, 15) is 0 Å². The average molecular weight is 179 g/mol. The SMILES string of the molecule is CCn1cc(CCC2(N)CC2)cn1. The first-order valence-corrected chi connectivity index (χ1v) is 5.02. The zero-order valence-corrected chi connectivity index (χ0v) is 8.16. The largest absolute Gasteiger partial charge is 0.325 e. The minimum absolute atomic E-state index is 0.175. The van der Waals surface area contributed by atoms with Gasteiger partial charge in [0.05, 0.1) is 6.20 Å². The number of aromatic nitrogens is 2. The van der Waals surface area contributed by atoms with Gasteiger partial charge in [0.25, 0.3) is 0 Å². The third-order valence-electron chi connectivity index (χ3n) is 2.81. The molecular weight excluding hydrogens is 162 g/mol. The second-order valence-corrected chi connectivity index (χ2v) is 4.07. The van der Waals surface area contributed by atoms with Crippen LogP contribution in [0.25, 0.3) is 0 Å². The van der Waals surface area contributed by atoms with E-state index in [1.807, 2.05) is 10.9 Å². The lowest BCUT2D eigenvalue weighted by Crippen LogP contribution is -2.21. The molecule has 0 bridgehead atoms. The van der Waals surface area contributed by atoms with Gasteiger partial charge in [-0.25, -0.2) is 0 Å². The molecule has 1 aromatic rings. The normalized spacial score (nSPS) is 18.9. The molecule has 2 N–H and O–H groups in total. The van der Waals surface area contributed by atoms with E-state index in [0.717, 1.165) is 19.4 Å². The van der Waals surface area contributed by atoms with Gasteiger partial charge in [-0.2, -0.15) is 5.10 Å².